The molecule has 0 unspecified atom stereocenters. The molecular weight excluding hydrogens is 443 g/mol. The molecule has 0 saturated carbocycles. The fourth-order valence-electron chi connectivity index (χ4n) is 2.93. The third-order valence-corrected chi connectivity index (χ3v) is 4.45. The highest BCUT2D eigenvalue weighted by molar-refractivity contribution is 5.69. The van der Waals surface area contributed by atoms with E-state index in [1.54, 1.807) is 17.1 Å². The van der Waals surface area contributed by atoms with Crippen molar-refractivity contribution in [3.8, 4) is 23.3 Å². The number of esters is 1. The van der Waals surface area contributed by atoms with Crippen molar-refractivity contribution < 1.29 is 32.2 Å². The maximum Gasteiger partial charge on any atom is 0.417 e. The number of carbonyl (C=O) groups is 1. The average Bonchev–Trinajstić information content (AvgIpc) is 3.34. The van der Waals surface area contributed by atoms with Crippen LogP contribution in [0.5, 0.6) is 17.5 Å². The first-order chi connectivity index (χ1) is 15.7. The predicted octanol–water partition coefficient (Wildman–Crippen LogP) is 3.84. The summed E-state index contributed by atoms with van der Waals surface area (Å²) >= 11 is 0. The predicted molar refractivity (Wildman–Crippen MR) is 111 cm³/mol. The molecule has 3 rings (SSSR count). The van der Waals surface area contributed by atoms with Crippen LogP contribution in [0, 0.1) is 0 Å². The van der Waals surface area contributed by atoms with Gasteiger partial charge in [0.25, 0.3) is 5.88 Å². The minimum Gasteiger partial charge on any atom is -0.477 e. The Kier molecular flexibility index (Phi) is 7.56. The van der Waals surface area contributed by atoms with E-state index < -0.39 is 17.7 Å². The van der Waals surface area contributed by atoms with E-state index in [0.717, 1.165) is 17.8 Å². The molecule has 0 amide bonds. The van der Waals surface area contributed by atoms with Crippen LogP contribution >= 0.6 is 0 Å². The maximum atomic E-state index is 12.8. The van der Waals surface area contributed by atoms with E-state index in [9.17, 15) is 18.0 Å². The van der Waals surface area contributed by atoms with Crippen molar-refractivity contribution in [2.45, 2.75) is 46.3 Å². The Hall–Kier alpha value is -3.57. The molecular formula is C21H24F3N5O4. The lowest BCUT2D eigenvalue weighted by Crippen LogP contribution is -2.07. The number of hydrogen-bond acceptors (Lipinski definition) is 7. The van der Waals surface area contributed by atoms with E-state index in [2.05, 4.69) is 15.2 Å². The van der Waals surface area contributed by atoms with Crippen LogP contribution in [0.4, 0.5) is 13.2 Å². The van der Waals surface area contributed by atoms with Crippen LogP contribution in [0.25, 0.3) is 5.82 Å². The molecule has 0 bridgehead atoms. The monoisotopic (exact) mass is 467 g/mol. The summed E-state index contributed by atoms with van der Waals surface area (Å²) in [6.45, 7) is 6.25. The van der Waals surface area contributed by atoms with Gasteiger partial charge >= 0.3 is 12.1 Å². The van der Waals surface area contributed by atoms with Crippen LogP contribution in [-0.4, -0.2) is 43.7 Å². The number of rotatable bonds is 10. The van der Waals surface area contributed by atoms with Gasteiger partial charge in [0.15, 0.2) is 5.82 Å². The average molecular weight is 467 g/mol. The van der Waals surface area contributed by atoms with Gasteiger partial charge in [-0.25, -0.2) is 9.67 Å². The van der Waals surface area contributed by atoms with E-state index in [1.165, 1.54) is 17.7 Å². The van der Waals surface area contributed by atoms with Crippen LogP contribution in [0.15, 0.2) is 30.7 Å². The molecule has 12 heteroatoms. The Morgan fingerprint density at radius 3 is 2.48 bits per heavy atom. The molecule has 0 radical (unpaired) electrons. The summed E-state index contributed by atoms with van der Waals surface area (Å²) in [5.74, 6) is 0.612. The Morgan fingerprint density at radius 2 is 1.88 bits per heavy atom. The largest absolute Gasteiger partial charge is 0.477 e. The zero-order valence-electron chi connectivity index (χ0n) is 18.4. The van der Waals surface area contributed by atoms with E-state index in [-0.39, 0.29) is 24.1 Å². The standard InChI is InChI=1S/C21H24F3N5O4/c1-4-28-13-17(33-14(3)30)20(26-28)32-10-6-7-15-12-29(27-19(15)31-5-2)18-9-8-16(11-25-18)21(22,23)24/h8-9,11-13H,4-7,10H2,1-3H3. The van der Waals surface area contributed by atoms with Crippen molar-refractivity contribution in [3.05, 3.63) is 41.9 Å². The minimum atomic E-state index is -4.46. The van der Waals surface area contributed by atoms with Gasteiger partial charge in [-0.2, -0.15) is 13.2 Å². The molecule has 9 nitrogen and oxygen atoms in total. The second kappa shape index (κ2) is 10.4. The number of halogens is 3. The second-order valence-corrected chi connectivity index (χ2v) is 6.94. The molecule has 0 aromatic carbocycles. The molecule has 0 aliphatic rings. The zero-order chi connectivity index (χ0) is 24.0. The highest BCUT2D eigenvalue weighted by Crippen LogP contribution is 2.29. The van der Waals surface area contributed by atoms with Crippen LogP contribution in [0.3, 0.4) is 0 Å². The summed E-state index contributed by atoms with van der Waals surface area (Å²) in [6, 6.07) is 2.20. The van der Waals surface area contributed by atoms with Gasteiger partial charge < -0.3 is 14.2 Å². The quantitative estimate of drug-likeness (QED) is 0.330. The summed E-state index contributed by atoms with van der Waals surface area (Å²) < 4.78 is 57.6. The molecule has 0 saturated heterocycles. The Morgan fingerprint density at radius 1 is 1.09 bits per heavy atom. The second-order valence-electron chi connectivity index (χ2n) is 6.94. The zero-order valence-corrected chi connectivity index (χ0v) is 18.4. The molecule has 178 valence electrons. The van der Waals surface area contributed by atoms with Gasteiger partial charge in [-0.1, -0.05) is 0 Å². The molecule has 0 aliphatic carbocycles. The Bertz CT molecular complexity index is 1080. The molecule has 0 aliphatic heterocycles. The van der Waals surface area contributed by atoms with Crippen LogP contribution in [0.2, 0.25) is 0 Å². The molecule has 3 aromatic heterocycles. The van der Waals surface area contributed by atoms with Crippen LogP contribution in [0.1, 0.15) is 38.3 Å². The molecule has 3 heterocycles. The van der Waals surface area contributed by atoms with Gasteiger partial charge in [0.1, 0.15) is 0 Å². The number of aryl methyl sites for hydroxylation is 2. The highest BCUT2D eigenvalue weighted by Gasteiger charge is 2.30. The van der Waals surface area contributed by atoms with E-state index in [4.69, 9.17) is 14.2 Å². The molecule has 0 atom stereocenters. The van der Waals surface area contributed by atoms with E-state index in [1.807, 2.05) is 13.8 Å². The van der Waals surface area contributed by atoms with Crippen molar-refractivity contribution in [1.29, 1.82) is 0 Å². The number of hydrogen-bond donors (Lipinski definition) is 0. The maximum absolute atomic E-state index is 12.8. The van der Waals surface area contributed by atoms with E-state index in [0.29, 0.717) is 31.9 Å². The summed E-state index contributed by atoms with van der Waals surface area (Å²) in [4.78, 5) is 15.1. The lowest BCUT2D eigenvalue weighted by molar-refractivity contribution is -0.138. The van der Waals surface area contributed by atoms with Gasteiger partial charge in [-0.05, 0) is 38.8 Å². The van der Waals surface area contributed by atoms with Gasteiger partial charge in [0.05, 0.1) is 25.0 Å². The highest BCUT2D eigenvalue weighted by atomic mass is 19.4. The number of alkyl halides is 3. The van der Waals surface area contributed by atoms with Crippen molar-refractivity contribution in [2.24, 2.45) is 0 Å². The van der Waals surface area contributed by atoms with Crippen LogP contribution in [-0.2, 0) is 23.9 Å². The van der Waals surface area contributed by atoms with Gasteiger partial charge in [0.2, 0.25) is 11.6 Å². The number of aromatic nitrogens is 5. The first-order valence-corrected chi connectivity index (χ1v) is 10.3. The lowest BCUT2D eigenvalue weighted by Gasteiger charge is -2.06. The summed E-state index contributed by atoms with van der Waals surface area (Å²) in [6.07, 6.45) is 0.639. The third-order valence-electron chi connectivity index (χ3n) is 4.45. The molecule has 0 N–H and O–H groups in total. The summed E-state index contributed by atoms with van der Waals surface area (Å²) in [5, 5.41) is 8.53. The van der Waals surface area contributed by atoms with Crippen molar-refractivity contribution in [1.82, 2.24) is 24.5 Å². The number of carbonyl (C=O) groups excluding carboxylic acids is 1. The van der Waals surface area contributed by atoms with Crippen LogP contribution < -0.4 is 14.2 Å². The van der Waals surface area contributed by atoms with Crippen molar-refractivity contribution >= 4 is 5.97 Å². The lowest BCUT2D eigenvalue weighted by atomic mass is 10.2. The first-order valence-electron chi connectivity index (χ1n) is 10.3. The Labute approximate surface area is 188 Å². The van der Waals surface area contributed by atoms with Crippen molar-refractivity contribution in [2.75, 3.05) is 13.2 Å². The fourth-order valence-corrected chi connectivity index (χ4v) is 2.93. The molecule has 3 aromatic rings. The number of ether oxygens (including phenoxy) is 3. The van der Waals surface area contributed by atoms with Crippen molar-refractivity contribution in [3.63, 3.8) is 0 Å². The SMILES string of the molecule is CCOc1nn(-c2ccc(C(F)(F)F)cn2)cc1CCCOc1nn(CC)cc1OC(C)=O. The smallest absolute Gasteiger partial charge is 0.417 e. The topological polar surface area (TPSA) is 93.3 Å². The summed E-state index contributed by atoms with van der Waals surface area (Å²) in [5.41, 5.74) is -0.0825. The minimum absolute atomic E-state index is 0.224. The summed E-state index contributed by atoms with van der Waals surface area (Å²) in [7, 11) is 0. The normalized spacial score (nSPS) is 11.5. The van der Waals surface area contributed by atoms with Gasteiger partial charge in [0, 0.05) is 31.4 Å². The number of pyridine rings is 1. The number of nitrogens with zero attached hydrogens (tertiary/aromatic N) is 5. The molecule has 0 fully saturated rings. The molecule has 0 spiro atoms. The van der Waals surface area contributed by atoms with E-state index >= 15 is 0 Å². The molecule has 33 heavy (non-hydrogen) atoms. The van der Waals surface area contributed by atoms with Gasteiger partial charge in [-0.15, -0.1) is 10.2 Å². The fraction of sp³-hybridized carbons (Fsp3) is 0.429. The first kappa shape index (κ1) is 24.1. The Balaban J connectivity index is 1.66. The van der Waals surface area contributed by atoms with Gasteiger partial charge in [-0.3, -0.25) is 9.48 Å². The third kappa shape index (κ3) is 6.24.